The molecule has 1 saturated carbocycles. The molecule has 0 bridgehead atoms. The normalized spacial score (nSPS) is 21.4. The van der Waals surface area contributed by atoms with Crippen LogP contribution in [0, 0.1) is 5.92 Å². The first kappa shape index (κ1) is 35.1. The van der Waals surface area contributed by atoms with E-state index < -0.39 is 6.10 Å². The molecule has 9 heteroatoms. The summed E-state index contributed by atoms with van der Waals surface area (Å²) in [4.78, 5) is 13.3. The van der Waals surface area contributed by atoms with Gasteiger partial charge in [0.2, 0.25) is 5.75 Å². The van der Waals surface area contributed by atoms with Gasteiger partial charge in [-0.3, -0.25) is 10.5 Å². The number of Topliss-reactive ketones (excluding diaryl/α,β-unsaturated/α-hetero) is 1. The fourth-order valence-corrected chi connectivity index (χ4v) is 8.93. The highest BCUT2D eigenvalue weighted by atomic mass is 16.5. The van der Waals surface area contributed by atoms with Crippen LogP contribution in [0.3, 0.4) is 0 Å². The van der Waals surface area contributed by atoms with Crippen molar-refractivity contribution in [2.24, 2.45) is 11.7 Å². The Hall–Kier alpha value is -3.79. The highest BCUT2D eigenvalue weighted by Crippen LogP contribution is 2.58. The molecule has 49 heavy (non-hydrogen) atoms. The maximum Gasteiger partial charge on any atom is 0.200 e. The topological polar surface area (TPSA) is 154 Å². The van der Waals surface area contributed by atoms with Crippen molar-refractivity contribution in [1.82, 2.24) is 5.32 Å². The number of aliphatic hydroxyl groups excluding tert-OH is 1. The fourth-order valence-electron chi connectivity index (χ4n) is 8.93. The van der Waals surface area contributed by atoms with E-state index in [1.54, 1.807) is 18.2 Å². The Morgan fingerprint density at radius 1 is 0.959 bits per heavy atom. The van der Waals surface area contributed by atoms with Crippen LogP contribution in [0.25, 0.3) is 0 Å². The van der Waals surface area contributed by atoms with E-state index in [1.807, 2.05) is 0 Å². The number of fused-ring (bicyclic) bond motifs is 1. The van der Waals surface area contributed by atoms with Crippen molar-refractivity contribution in [3.63, 3.8) is 0 Å². The van der Waals surface area contributed by atoms with Gasteiger partial charge in [0, 0.05) is 18.4 Å². The number of rotatable bonds is 13. The third-order valence-electron chi connectivity index (χ3n) is 11.3. The zero-order valence-corrected chi connectivity index (χ0v) is 28.4. The first-order valence-corrected chi connectivity index (χ1v) is 18.1. The lowest BCUT2D eigenvalue weighted by molar-refractivity contribution is -0.121. The van der Waals surface area contributed by atoms with Crippen LogP contribution in [-0.4, -0.2) is 58.2 Å². The van der Waals surface area contributed by atoms with Gasteiger partial charge in [-0.2, -0.15) is 0 Å². The van der Waals surface area contributed by atoms with E-state index in [9.17, 15) is 25.2 Å². The number of aliphatic hydroxyl groups is 1. The minimum Gasteiger partial charge on any atom is -0.504 e. The number of carbonyl (C=O) groups is 1. The maximum absolute atomic E-state index is 13.3. The summed E-state index contributed by atoms with van der Waals surface area (Å²) in [5, 5.41) is 47.2. The smallest absolute Gasteiger partial charge is 0.200 e. The molecule has 3 aliphatic rings. The molecule has 1 aliphatic heterocycles. The lowest BCUT2D eigenvalue weighted by Crippen LogP contribution is -2.43. The second-order valence-corrected chi connectivity index (χ2v) is 14.3. The number of hydrogen-bond donors (Lipinski definition) is 6. The number of ether oxygens (including phenoxy) is 2. The lowest BCUT2D eigenvalue weighted by atomic mass is 9.54. The molecule has 2 fully saturated rings. The van der Waals surface area contributed by atoms with E-state index in [0.29, 0.717) is 25.0 Å². The molecule has 1 saturated heterocycles. The number of aryl methyl sites for hydroxylation is 1. The third kappa shape index (κ3) is 7.84. The second kappa shape index (κ2) is 15.8. The molecule has 6 rings (SSSR count). The Bertz CT molecular complexity index is 1570. The largest absolute Gasteiger partial charge is 0.504 e. The maximum atomic E-state index is 13.3. The fraction of sp³-hybridized carbons (Fsp3) is 0.525. The van der Waals surface area contributed by atoms with Crippen LogP contribution in [0.5, 0.6) is 28.7 Å². The number of nitrogens with one attached hydrogen (secondary N) is 1. The predicted octanol–water partition coefficient (Wildman–Crippen LogP) is 6.12. The van der Waals surface area contributed by atoms with Gasteiger partial charge in [-0.05, 0) is 117 Å². The van der Waals surface area contributed by atoms with Crippen molar-refractivity contribution >= 4 is 5.78 Å². The number of phenols is 3. The van der Waals surface area contributed by atoms with Gasteiger partial charge < -0.3 is 35.2 Å². The number of hydrogen-bond acceptors (Lipinski definition) is 9. The van der Waals surface area contributed by atoms with Crippen molar-refractivity contribution in [3.05, 3.63) is 76.9 Å². The van der Waals surface area contributed by atoms with Gasteiger partial charge in [-0.15, -0.1) is 0 Å². The summed E-state index contributed by atoms with van der Waals surface area (Å²) in [7, 11) is 0. The van der Waals surface area contributed by atoms with Gasteiger partial charge in [0.25, 0.3) is 0 Å². The van der Waals surface area contributed by atoms with Crippen molar-refractivity contribution in [2.75, 3.05) is 19.8 Å². The zero-order valence-electron chi connectivity index (χ0n) is 28.4. The van der Waals surface area contributed by atoms with Gasteiger partial charge in [-0.1, -0.05) is 55.7 Å². The van der Waals surface area contributed by atoms with Crippen LogP contribution in [0.4, 0.5) is 0 Å². The zero-order chi connectivity index (χ0) is 34.4. The molecular weight excluding hydrogens is 620 g/mol. The van der Waals surface area contributed by atoms with E-state index in [1.165, 1.54) is 18.1 Å². The van der Waals surface area contributed by atoms with Crippen molar-refractivity contribution < 1.29 is 34.7 Å². The van der Waals surface area contributed by atoms with Gasteiger partial charge in [0.1, 0.15) is 18.6 Å². The summed E-state index contributed by atoms with van der Waals surface area (Å²) < 4.78 is 11.8. The van der Waals surface area contributed by atoms with E-state index in [0.717, 1.165) is 74.7 Å². The van der Waals surface area contributed by atoms with E-state index in [4.69, 9.17) is 15.2 Å². The molecule has 3 atom stereocenters. The monoisotopic (exact) mass is 672 g/mol. The molecule has 264 valence electrons. The molecule has 0 amide bonds. The standard InChI is InChI=1S/C40H52N2O7/c41-25-48-37-21-26(10-14-35(37)45)9-11-28(43)22-29(44)23-33-32-24-36(46)38(47)39(49-30-15-19-42-20-16-30)31(32)12-13-34(33)40(17-5-2-6-18-40)27-7-3-1-4-8-27/h1,3-4,7-8,10,14,21,24,29-30,33-34,42,44-47H,2,5-6,9,11-13,15-20,22-23,25,41H2. The molecule has 9 nitrogen and oxygen atoms in total. The molecule has 3 aromatic rings. The SMILES string of the molecule is NCOc1cc(CCC(=O)CC(O)CC2c3cc(O)c(O)c(OC4CCNCC4)c3CCC2C2(c3ccccc3)CCCCC2)ccc1O. The molecule has 0 aromatic heterocycles. The lowest BCUT2D eigenvalue weighted by Gasteiger charge is -2.50. The van der Waals surface area contributed by atoms with Crippen LogP contribution >= 0.6 is 0 Å². The van der Waals surface area contributed by atoms with Crippen LogP contribution in [0.2, 0.25) is 0 Å². The average Bonchev–Trinajstić information content (AvgIpc) is 3.12. The van der Waals surface area contributed by atoms with Gasteiger partial charge in [0.15, 0.2) is 23.0 Å². The van der Waals surface area contributed by atoms with Crippen molar-refractivity contribution in [2.45, 2.75) is 107 Å². The highest BCUT2D eigenvalue weighted by molar-refractivity contribution is 5.79. The molecule has 7 N–H and O–H groups in total. The number of nitrogens with two attached hydrogens (primary N) is 1. The number of piperidine rings is 1. The summed E-state index contributed by atoms with van der Waals surface area (Å²) in [6.07, 6.45) is 8.88. The van der Waals surface area contributed by atoms with E-state index in [2.05, 4.69) is 35.6 Å². The van der Waals surface area contributed by atoms with Crippen molar-refractivity contribution in [3.8, 4) is 28.7 Å². The second-order valence-electron chi connectivity index (χ2n) is 14.3. The summed E-state index contributed by atoms with van der Waals surface area (Å²) in [5.74, 6) is 0.197. The first-order chi connectivity index (χ1) is 23.8. The van der Waals surface area contributed by atoms with E-state index >= 15 is 0 Å². The highest BCUT2D eigenvalue weighted by Gasteiger charge is 2.48. The Balaban J connectivity index is 1.29. The molecular formula is C40H52N2O7. The summed E-state index contributed by atoms with van der Waals surface area (Å²) >= 11 is 0. The first-order valence-electron chi connectivity index (χ1n) is 18.1. The Labute approximate surface area is 289 Å². The molecule has 1 heterocycles. The summed E-state index contributed by atoms with van der Waals surface area (Å²) in [6, 6.07) is 17.4. The molecule has 3 unspecified atom stereocenters. The van der Waals surface area contributed by atoms with Crippen LogP contribution in [0.15, 0.2) is 54.6 Å². The number of phenolic OH excluding ortho intramolecular Hbond substituents is 3. The number of ketones is 1. The number of benzene rings is 3. The van der Waals surface area contributed by atoms with Gasteiger partial charge >= 0.3 is 0 Å². The van der Waals surface area contributed by atoms with Gasteiger partial charge in [-0.25, -0.2) is 0 Å². The average molecular weight is 673 g/mol. The number of carbonyl (C=O) groups excluding carboxylic acids is 1. The van der Waals surface area contributed by atoms with E-state index in [-0.39, 0.29) is 71.7 Å². The van der Waals surface area contributed by atoms with Crippen LogP contribution < -0.4 is 20.5 Å². The third-order valence-corrected chi connectivity index (χ3v) is 11.3. The summed E-state index contributed by atoms with van der Waals surface area (Å²) in [5.41, 5.74) is 9.36. The molecule has 3 aromatic carbocycles. The Morgan fingerprint density at radius 2 is 1.71 bits per heavy atom. The van der Waals surface area contributed by atoms with Crippen LogP contribution in [-0.2, 0) is 23.1 Å². The molecule has 0 spiro atoms. The Morgan fingerprint density at radius 3 is 2.45 bits per heavy atom. The quantitative estimate of drug-likeness (QED) is 0.0931. The minimum absolute atomic E-state index is 0.00633. The number of aromatic hydroxyl groups is 3. The Kier molecular flexibility index (Phi) is 11.3. The van der Waals surface area contributed by atoms with Gasteiger partial charge in [0.05, 0.1) is 6.10 Å². The van der Waals surface area contributed by atoms with Crippen LogP contribution in [0.1, 0.15) is 98.8 Å². The molecule has 0 radical (unpaired) electrons. The van der Waals surface area contributed by atoms with Crippen molar-refractivity contribution in [1.29, 1.82) is 0 Å². The predicted molar refractivity (Wildman–Crippen MR) is 188 cm³/mol. The minimum atomic E-state index is -0.886. The summed E-state index contributed by atoms with van der Waals surface area (Å²) in [6.45, 7) is 1.61. The molecule has 2 aliphatic carbocycles.